The lowest BCUT2D eigenvalue weighted by Crippen LogP contribution is -2.46. The van der Waals surface area contributed by atoms with Crippen molar-refractivity contribution in [1.82, 2.24) is 4.90 Å². The van der Waals surface area contributed by atoms with Gasteiger partial charge in [-0.25, -0.2) is 9.38 Å². The third kappa shape index (κ3) is 3.46. The van der Waals surface area contributed by atoms with E-state index in [1.165, 1.54) is 23.1 Å². The van der Waals surface area contributed by atoms with Crippen LogP contribution in [0, 0.1) is 5.92 Å². The summed E-state index contributed by atoms with van der Waals surface area (Å²) >= 11 is 5.23. The number of halogens is 1. The van der Waals surface area contributed by atoms with Gasteiger partial charge in [0.05, 0.1) is 19.9 Å². The van der Waals surface area contributed by atoms with E-state index in [1.54, 1.807) is 14.2 Å². The average Bonchev–Trinajstić information content (AvgIpc) is 2.62. The normalized spacial score (nSPS) is 19.3. The van der Waals surface area contributed by atoms with E-state index in [2.05, 4.69) is 4.99 Å². The molecule has 130 valence electrons. The van der Waals surface area contributed by atoms with Crippen LogP contribution in [-0.4, -0.2) is 42.4 Å². The van der Waals surface area contributed by atoms with Crippen LogP contribution in [-0.2, 0) is 11.2 Å². The zero-order valence-electron chi connectivity index (χ0n) is 13.9. The molecule has 1 amide bonds. The summed E-state index contributed by atoms with van der Waals surface area (Å²) in [6.07, 6.45) is 4.61. The Hall–Kier alpha value is -2.54. The highest BCUT2D eigenvalue weighted by atomic mass is 32.1. The highest BCUT2D eigenvalue weighted by Gasteiger charge is 2.34. The molecule has 1 heterocycles. The smallest absolute Gasteiger partial charge is 0.241 e. The van der Waals surface area contributed by atoms with Gasteiger partial charge in [-0.05, 0) is 54.6 Å². The molecule has 25 heavy (non-hydrogen) atoms. The average molecular weight is 360 g/mol. The summed E-state index contributed by atoms with van der Waals surface area (Å²) in [4.78, 5) is 18.3. The number of rotatable bonds is 5. The second-order valence-corrected chi connectivity index (χ2v) is 5.98. The maximum Gasteiger partial charge on any atom is 0.241 e. The van der Waals surface area contributed by atoms with E-state index in [0.29, 0.717) is 30.2 Å². The lowest BCUT2D eigenvalue weighted by molar-refractivity contribution is -0.128. The highest BCUT2D eigenvalue weighted by molar-refractivity contribution is 7.80. The van der Waals surface area contributed by atoms with Crippen molar-refractivity contribution in [3.8, 4) is 11.5 Å². The lowest BCUT2D eigenvalue weighted by atomic mass is 9.95. The first-order chi connectivity index (χ1) is 12.0. The van der Waals surface area contributed by atoms with Crippen molar-refractivity contribution in [2.45, 2.75) is 6.42 Å². The number of fused-ring (bicyclic) bond motifs is 1. The minimum Gasteiger partial charge on any atom is -0.493 e. The Morgan fingerprint density at radius 3 is 2.72 bits per heavy atom. The number of carbonyl (C=O) groups is 1. The van der Waals surface area contributed by atoms with E-state index >= 15 is 0 Å². The molecule has 2 aliphatic rings. The molecule has 1 aromatic carbocycles. The van der Waals surface area contributed by atoms with Crippen molar-refractivity contribution in [3.63, 3.8) is 0 Å². The molecule has 1 aliphatic carbocycles. The second kappa shape index (κ2) is 7.14. The number of carbonyl (C=O) groups excluding carboxylic acids is 1. The Kier molecular flexibility index (Phi) is 4.94. The van der Waals surface area contributed by atoms with Gasteiger partial charge in [-0.2, -0.15) is 0 Å². The van der Waals surface area contributed by atoms with E-state index in [0.717, 1.165) is 5.56 Å². The Morgan fingerprint density at radius 1 is 1.24 bits per heavy atom. The van der Waals surface area contributed by atoms with E-state index in [4.69, 9.17) is 21.7 Å². The molecule has 1 atom stereocenters. The second-order valence-electron chi connectivity index (χ2n) is 5.61. The fraction of sp³-hybridized carbons (Fsp3) is 0.278. The van der Waals surface area contributed by atoms with Crippen molar-refractivity contribution >= 4 is 28.9 Å². The predicted octanol–water partition coefficient (Wildman–Crippen LogP) is 2.85. The topological polar surface area (TPSA) is 51.1 Å². The first kappa shape index (κ1) is 17.3. The van der Waals surface area contributed by atoms with Crippen molar-refractivity contribution < 1.29 is 18.7 Å². The van der Waals surface area contributed by atoms with Gasteiger partial charge >= 0.3 is 0 Å². The van der Waals surface area contributed by atoms with Gasteiger partial charge < -0.3 is 9.47 Å². The number of thiocarbonyl (C=S) groups is 1. The summed E-state index contributed by atoms with van der Waals surface area (Å²) in [5.41, 5.74) is 1.45. The van der Waals surface area contributed by atoms with Crippen LogP contribution in [0.3, 0.4) is 0 Å². The van der Waals surface area contributed by atoms with E-state index in [-0.39, 0.29) is 11.0 Å². The Labute approximate surface area is 150 Å². The molecule has 0 saturated heterocycles. The Balaban J connectivity index is 1.75. The quantitative estimate of drug-likeness (QED) is 0.758. The monoisotopic (exact) mass is 360 g/mol. The number of hydrogen-bond acceptors (Lipinski definition) is 4. The molecule has 0 aromatic heterocycles. The van der Waals surface area contributed by atoms with Gasteiger partial charge in [-0.1, -0.05) is 6.07 Å². The summed E-state index contributed by atoms with van der Waals surface area (Å²) in [5, 5.41) is 0.206. The van der Waals surface area contributed by atoms with Crippen molar-refractivity contribution in [2.75, 3.05) is 20.8 Å². The molecular weight excluding hydrogens is 343 g/mol. The van der Waals surface area contributed by atoms with Gasteiger partial charge in [0.25, 0.3) is 0 Å². The zero-order valence-corrected chi connectivity index (χ0v) is 14.7. The van der Waals surface area contributed by atoms with Gasteiger partial charge in [-0.3, -0.25) is 9.69 Å². The molecule has 3 rings (SSSR count). The summed E-state index contributed by atoms with van der Waals surface area (Å²) in [6.45, 7) is 0.361. The van der Waals surface area contributed by atoms with Crippen LogP contribution < -0.4 is 9.47 Å². The van der Waals surface area contributed by atoms with Crippen LogP contribution in [0.1, 0.15) is 5.56 Å². The Bertz CT molecular complexity index is 817. The van der Waals surface area contributed by atoms with Crippen LogP contribution >= 0.6 is 12.2 Å². The first-order valence-electron chi connectivity index (χ1n) is 7.73. The molecule has 1 aliphatic heterocycles. The lowest BCUT2D eigenvalue weighted by Gasteiger charge is -2.30. The van der Waals surface area contributed by atoms with Crippen LogP contribution in [0.25, 0.3) is 0 Å². The van der Waals surface area contributed by atoms with E-state index < -0.39 is 11.7 Å². The molecule has 0 fully saturated rings. The molecule has 0 spiro atoms. The molecule has 0 bridgehead atoms. The third-order valence-corrected chi connectivity index (χ3v) is 4.43. The van der Waals surface area contributed by atoms with Crippen molar-refractivity contribution in [1.29, 1.82) is 0 Å². The van der Waals surface area contributed by atoms with Crippen LogP contribution in [0.15, 0.2) is 47.2 Å². The summed E-state index contributed by atoms with van der Waals surface area (Å²) in [6, 6.07) is 5.56. The summed E-state index contributed by atoms with van der Waals surface area (Å²) < 4.78 is 23.9. The number of aliphatic imine (C=N–C) groups is 1. The zero-order chi connectivity index (χ0) is 18.0. The van der Waals surface area contributed by atoms with Crippen LogP contribution in [0.5, 0.6) is 11.5 Å². The molecule has 1 unspecified atom stereocenters. The van der Waals surface area contributed by atoms with Gasteiger partial charge in [0.1, 0.15) is 11.7 Å². The van der Waals surface area contributed by atoms with Crippen LogP contribution in [0.4, 0.5) is 4.39 Å². The number of hydrogen-bond donors (Lipinski definition) is 0. The van der Waals surface area contributed by atoms with Crippen LogP contribution in [0.2, 0.25) is 0 Å². The summed E-state index contributed by atoms with van der Waals surface area (Å²) in [5.74, 6) is -0.142. The number of ether oxygens (including phenoxy) is 2. The maximum absolute atomic E-state index is 13.4. The number of benzene rings is 1. The molecule has 0 radical (unpaired) electrons. The van der Waals surface area contributed by atoms with Crippen molar-refractivity contribution in [2.24, 2.45) is 10.9 Å². The van der Waals surface area contributed by atoms with Gasteiger partial charge in [0, 0.05) is 6.54 Å². The Morgan fingerprint density at radius 2 is 2.00 bits per heavy atom. The van der Waals surface area contributed by atoms with Gasteiger partial charge in [0.2, 0.25) is 11.0 Å². The third-order valence-electron chi connectivity index (χ3n) is 4.12. The van der Waals surface area contributed by atoms with Crippen molar-refractivity contribution in [3.05, 3.63) is 47.8 Å². The molecule has 1 aromatic rings. The largest absolute Gasteiger partial charge is 0.493 e. The molecular formula is C18H17FN2O3S. The molecule has 0 N–H and O–H groups in total. The molecule has 0 saturated carbocycles. The SMILES string of the molecule is COc1ccc(CCN2C(=O)C3C=C(F)C=CC3=NC2=S)cc1OC. The number of amides is 1. The molecule has 5 nitrogen and oxygen atoms in total. The van der Waals surface area contributed by atoms with Gasteiger partial charge in [0.15, 0.2) is 11.5 Å². The maximum atomic E-state index is 13.4. The fourth-order valence-corrected chi connectivity index (χ4v) is 3.08. The van der Waals surface area contributed by atoms with E-state index in [1.807, 2.05) is 18.2 Å². The number of methoxy groups -OCH3 is 2. The number of nitrogens with zero attached hydrogens (tertiary/aromatic N) is 2. The first-order valence-corrected chi connectivity index (χ1v) is 8.14. The molecule has 7 heteroatoms. The van der Waals surface area contributed by atoms with E-state index in [9.17, 15) is 9.18 Å². The highest BCUT2D eigenvalue weighted by Crippen LogP contribution is 2.28. The summed E-state index contributed by atoms with van der Waals surface area (Å²) in [7, 11) is 3.14. The predicted molar refractivity (Wildman–Crippen MR) is 96.8 cm³/mol. The standard InChI is InChI=1S/C18H17FN2O3S/c1-23-15-6-3-11(9-16(15)24-2)7-8-21-17(22)13-10-12(19)4-5-14(13)20-18(21)25/h3-6,9-10,13H,7-8H2,1-2H3. The minimum absolute atomic E-state index is 0.206. The minimum atomic E-state index is -0.706. The number of allylic oxidation sites excluding steroid dienone is 3. The fourth-order valence-electron chi connectivity index (χ4n) is 2.79. The van der Waals surface area contributed by atoms with Gasteiger partial charge in [-0.15, -0.1) is 0 Å².